The predicted molar refractivity (Wildman–Crippen MR) is 72.2 cm³/mol. The van der Waals surface area contributed by atoms with Gasteiger partial charge in [-0.3, -0.25) is 4.79 Å². The molecule has 0 aromatic heterocycles. The summed E-state index contributed by atoms with van der Waals surface area (Å²) in [6, 6.07) is 6.40. The molecule has 1 amide bonds. The first-order valence-electron chi connectivity index (χ1n) is 6.94. The Hall–Kier alpha value is -1.42. The number of nitrogens with zero attached hydrogens (tertiary/aromatic N) is 1. The molecule has 1 aliphatic heterocycles. The largest absolute Gasteiger partial charge is 0.328 e. The minimum atomic E-state index is -0.299. The van der Waals surface area contributed by atoms with Gasteiger partial charge in [0.05, 0.1) is 5.41 Å². The smallest absolute Gasteiger partial charge is 0.233 e. The van der Waals surface area contributed by atoms with E-state index in [1.807, 2.05) is 0 Å². The van der Waals surface area contributed by atoms with E-state index in [1.54, 1.807) is 17.0 Å². The minimum Gasteiger partial charge on any atom is -0.328 e. The number of hydrogen-bond donors (Lipinski definition) is 1. The molecule has 1 aromatic rings. The third kappa shape index (κ3) is 2.14. The van der Waals surface area contributed by atoms with Crippen molar-refractivity contribution < 1.29 is 9.18 Å². The molecule has 2 fully saturated rings. The average molecular weight is 262 g/mol. The summed E-state index contributed by atoms with van der Waals surface area (Å²) >= 11 is 0. The molecule has 1 saturated carbocycles. The van der Waals surface area contributed by atoms with Crippen molar-refractivity contribution in [2.75, 3.05) is 11.4 Å². The molecule has 3 nitrogen and oxygen atoms in total. The number of halogens is 1. The summed E-state index contributed by atoms with van der Waals surface area (Å²) in [7, 11) is 0. The average Bonchev–Trinajstić information content (AvgIpc) is 2.67. The van der Waals surface area contributed by atoms with Crippen molar-refractivity contribution in [3.05, 3.63) is 30.1 Å². The van der Waals surface area contributed by atoms with Gasteiger partial charge in [-0.2, -0.15) is 0 Å². The summed E-state index contributed by atoms with van der Waals surface area (Å²) in [5, 5.41) is 0. The van der Waals surface area contributed by atoms with Crippen molar-refractivity contribution in [1.29, 1.82) is 0 Å². The molecule has 0 radical (unpaired) electrons. The highest BCUT2D eigenvalue weighted by molar-refractivity contribution is 6.00. The molecule has 0 bridgehead atoms. The topological polar surface area (TPSA) is 46.3 Å². The summed E-state index contributed by atoms with van der Waals surface area (Å²) in [5.74, 6) is -0.167. The zero-order valence-corrected chi connectivity index (χ0v) is 10.9. The van der Waals surface area contributed by atoms with Crippen LogP contribution in [0.3, 0.4) is 0 Å². The summed E-state index contributed by atoms with van der Waals surface area (Å²) < 4.78 is 13.3. The number of rotatable bonds is 1. The van der Waals surface area contributed by atoms with E-state index in [9.17, 15) is 9.18 Å². The van der Waals surface area contributed by atoms with E-state index in [0.29, 0.717) is 12.2 Å². The molecule has 1 spiro atoms. The van der Waals surface area contributed by atoms with E-state index in [2.05, 4.69) is 0 Å². The lowest BCUT2D eigenvalue weighted by atomic mass is 9.71. The Morgan fingerprint density at radius 1 is 1.37 bits per heavy atom. The van der Waals surface area contributed by atoms with E-state index in [0.717, 1.165) is 32.1 Å². The molecule has 2 atom stereocenters. The number of benzene rings is 1. The molecule has 1 aromatic carbocycles. The Morgan fingerprint density at radius 2 is 2.21 bits per heavy atom. The molecule has 1 heterocycles. The first-order valence-corrected chi connectivity index (χ1v) is 6.94. The van der Waals surface area contributed by atoms with Gasteiger partial charge in [-0.25, -0.2) is 4.39 Å². The number of anilines is 1. The van der Waals surface area contributed by atoms with Crippen molar-refractivity contribution >= 4 is 11.6 Å². The van der Waals surface area contributed by atoms with E-state index < -0.39 is 0 Å². The highest BCUT2D eigenvalue weighted by Gasteiger charge is 2.48. The van der Waals surface area contributed by atoms with Crippen LogP contribution in [0.5, 0.6) is 0 Å². The van der Waals surface area contributed by atoms with Gasteiger partial charge in [0, 0.05) is 18.3 Å². The van der Waals surface area contributed by atoms with Gasteiger partial charge in [0.25, 0.3) is 0 Å². The van der Waals surface area contributed by atoms with Gasteiger partial charge in [-0.05, 0) is 43.9 Å². The van der Waals surface area contributed by atoms with Crippen LogP contribution in [0.1, 0.15) is 32.1 Å². The number of amides is 1. The first kappa shape index (κ1) is 12.6. The van der Waals surface area contributed by atoms with Crippen LogP contribution in [0.4, 0.5) is 10.1 Å². The Morgan fingerprint density at radius 3 is 2.95 bits per heavy atom. The fourth-order valence-corrected chi connectivity index (χ4v) is 3.54. The molecule has 2 N–H and O–H groups in total. The Bertz CT molecular complexity index is 505. The third-order valence-corrected chi connectivity index (χ3v) is 4.52. The maximum atomic E-state index is 13.3. The number of hydrogen-bond acceptors (Lipinski definition) is 2. The predicted octanol–water partition coefficient (Wildman–Crippen LogP) is 2.45. The molecule has 2 aliphatic rings. The van der Waals surface area contributed by atoms with Crippen molar-refractivity contribution in [1.82, 2.24) is 0 Å². The summed E-state index contributed by atoms with van der Waals surface area (Å²) in [6.07, 6.45) is 4.57. The van der Waals surface area contributed by atoms with Crippen molar-refractivity contribution in [3.63, 3.8) is 0 Å². The van der Waals surface area contributed by atoms with Gasteiger partial charge < -0.3 is 10.6 Å². The van der Waals surface area contributed by atoms with E-state index >= 15 is 0 Å². The molecule has 1 aliphatic carbocycles. The molecule has 19 heavy (non-hydrogen) atoms. The van der Waals surface area contributed by atoms with Gasteiger partial charge in [-0.1, -0.05) is 12.5 Å². The maximum absolute atomic E-state index is 13.3. The van der Waals surface area contributed by atoms with Gasteiger partial charge in [0.2, 0.25) is 5.91 Å². The monoisotopic (exact) mass is 262 g/mol. The van der Waals surface area contributed by atoms with Crippen LogP contribution in [0.15, 0.2) is 24.3 Å². The Labute approximate surface area is 112 Å². The number of carbonyl (C=O) groups excluding carboxylic acids is 1. The zero-order valence-electron chi connectivity index (χ0n) is 10.9. The van der Waals surface area contributed by atoms with Crippen LogP contribution >= 0.6 is 0 Å². The second-order valence-corrected chi connectivity index (χ2v) is 5.82. The Balaban J connectivity index is 1.86. The standard InChI is InChI=1S/C15H19FN2O/c16-11-3-1-5-13(9-11)18-8-7-15(14(18)19)6-2-4-12(17)10-15/h1,3,5,9,12H,2,4,6-8,10,17H2/t12-,15-/m0/s1. The Kier molecular flexibility index (Phi) is 3.05. The first-order chi connectivity index (χ1) is 9.11. The van der Waals surface area contributed by atoms with Crippen LogP contribution in [0.25, 0.3) is 0 Å². The number of carbonyl (C=O) groups is 1. The van der Waals surface area contributed by atoms with Gasteiger partial charge in [0.15, 0.2) is 0 Å². The van der Waals surface area contributed by atoms with Gasteiger partial charge >= 0.3 is 0 Å². The second-order valence-electron chi connectivity index (χ2n) is 5.82. The van der Waals surface area contributed by atoms with Crippen molar-refractivity contribution in [2.45, 2.75) is 38.1 Å². The van der Waals surface area contributed by atoms with Crippen LogP contribution in [0.2, 0.25) is 0 Å². The zero-order chi connectivity index (χ0) is 13.5. The van der Waals surface area contributed by atoms with Gasteiger partial charge in [-0.15, -0.1) is 0 Å². The molecule has 4 heteroatoms. The summed E-state index contributed by atoms with van der Waals surface area (Å²) in [4.78, 5) is 14.4. The lowest BCUT2D eigenvalue weighted by molar-refractivity contribution is -0.127. The van der Waals surface area contributed by atoms with Crippen LogP contribution < -0.4 is 10.6 Å². The highest BCUT2D eigenvalue weighted by atomic mass is 19.1. The van der Waals surface area contributed by atoms with Crippen molar-refractivity contribution in [2.24, 2.45) is 11.1 Å². The SMILES string of the molecule is N[C@H]1CCC[C@]2(CCN(c3cccc(F)c3)C2=O)C1. The quantitative estimate of drug-likeness (QED) is 0.845. The van der Waals surface area contributed by atoms with Gasteiger partial charge in [0.1, 0.15) is 5.82 Å². The summed E-state index contributed by atoms with van der Waals surface area (Å²) in [5.41, 5.74) is 6.41. The molecule has 1 saturated heterocycles. The lowest BCUT2D eigenvalue weighted by Crippen LogP contribution is -2.42. The fraction of sp³-hybridized carbons (Fsp3) is 0.533. The fourth-order valence-electron chi connectivity index (χ4n) is 3.54. The van der Waals surface area contributed by atoms with Crippen LogP contribution in [-0.4, -0.2) is 18.5 Å². The normalized spacial score (nSPS) is 31.2. The van der Waals surface area contributed by atoms with E-state index in [1.165, 1.54) is 12.1 Å². The molecule has 0 unspecified atom stereocenters. The molecule has 102 valence electrons. The third-order valence-electron chi connectivity index (χ3n) is 4.52. The number of nitrogens with two attached hydrogens (primary N) is 1. The lowest BCUT2D eigenvalue weighted by Gasteiger charge is -2.35. The molecular weight excluding hydrogens is 243 g/mol. The summed E-state index contributed by atoms with van der Waals surface area (Å²) in [6.45, 7) is 0.676. The van der Waals surface area contributed by atoms with E-state index in [-0.39, 0.29) is 23.2 Å². The van der Waals surface area contributed by atoms with E-state index in [4.69, 9.17) is 5.73 Å². The highest BCUT2D eigenvalue weighted by Crippen LogP contribution is 2.45. The second kappa shape index (κ2) is 4.60. The molecular formula is C15H19FN2O. The van der Waals surface area contributed by atoms with Crippen molar-refractivity contribution in [3.8, 4) is 0 Å². The minimum absolute atomic E-state index is 0.130. The van der Waals surface area contributed by atoms with Crippen LogP contribution in [0, 0.1) is 11.2 Å². The van der Waals surface area contributed by atoms with Crippen LogP contribution in [-0.2, 0) is 4.79 Å². The maximum Gasteiger partial charge on any atom is 0.233 e. The molecule has 3 rings (SSSR count).